The van der Waals surface area contributed by atoms with Gasteiger partial charge < -0.3 is 4.74 Å². The Bertz CT molecular complexity index is 705. The Hall–Kier alpha value is -1.97. The van der Waals surface area contributed by atoms with Crippen LogP contribution in [-0.2, 0) is 17.3 Å². The van der Waals surface area contributed by atoms with Crippen LogP contribution in [-0.4, -0.2) is 6.36 Å². The van der Waals surface area contributed by atoms with E-state index in [4.69, 9.17) is 0 Å². The highest BCUT2D eigenvalue weighted by Gasteiger charge is 2.31. The highest BCUT2D eigenvalue weighted by atomic mass is 19.4. The van der Waals surface area contributed by atoms with Crippen molar-refractivity contribution in [1.82, 2.24) is 0 Å². The third-order valence-electron chi connectivity index (χ3n) is 4.73. The predicted octanol–water partition coefficient (Wildman–Crippen LogP) is 6.79. The first-order chi connectivity index (χ1) is 11.9. The lowest BCUT2D eigenvalue weighted by atomic mass is 9.79. The van der Waals surface area contributed by atoms with Gasteiger partial charge in [0.15, 0.2) is 0 Å². The Morgan fingerprint density at radius 3 is 1.69 bits per heavy atom. The maximum absolute atomic E-state index is 12.3. The summed E-state index contributed by atoms with van der Waals surface area (Å²) in [5.74, 6) is -0.185. The summed E-state index contributed by atoms with van der Waals surface area (Å²) >= 11 is 0. The Balaban J connectivity index is 2.02. The number of hydrogen-bond acceptors (Lipinski definition) is 1. The van der Waals surface area contributed by atoms with E-state index in [1.165, 1.54) is 23.3 Å². The largest absolute Gasteiger partial charge is 0.573 e. The lowest BCUT2D eigenvalue weighted by Gasteiger charge is -2.26. The number of ether oxygens (including phenoxy) is 1. The SMILES string of the molecule is CC(C)(C)c1ccc(CCC(C)(C)c2ccc(OC(F)(F)F)cc2)cc1. The molecule has 0 bridgehead atoms. The summed E-state index contributed by atoms with van der Waals surface area (Å²) in [5, 5.41) is 0. The third kappa shape index (κ3) is 5.79. The fourth-order valence-electron chi connectivity index (χ4n) is 2.88. The zero-order chi connectivity index (χ0) is 19.6. The molecule has 0 aromatic heterocycles. The summed E-state index contributed by atoms with van der Waals surface area (Å²) in [6.45, 7) is 10.8. The summed E-state index contributed by atoms with van der Waals surface area (Å²) in [5.41, 5.74) is 3.57. The average Bonchev–Trinajstić information content (AvgIpc) is 2.51. The molecule has 142 valence electrons. The normalized spacial score (nSPS) is 12.9. The van der Waals surface area contributed by atoms with Gasteiger partial charge >= 0.3 is 6.36 Å². The molecule has 0 atom stereocenters. The van der Waals surface area contributed by atoms with Crippen LogP contribution in [0.2, 0.25) is 0 Å². The molecule has 0 unspecified atom stereocenters. The van der Waals surface area contributed by atoms with Gasteiger partial charge in [-0.25, -0.2) is 0 Å². The molecule has 2 aromatic carbocycles. The Labute approximate surface area is 154 Å². The molecule has 0 heterocycles. The molecular formula is C22H27F3O. The standard InChI is InChI=1S/C22H27F3O/c1-20(2,3)17-8-6-16(7-9-17)14-15-21(4,5)18-10-12-19(13-11-18)26-22(23,24)25/h6-13H,14-15H2,1-5H3. The van der Waals surface area contributed by atoms with Crippen molar-refractivity contribution in [3.63, 3.8) is 0 Å². The van der Waals surface area contributed by atoms with E-state index < -0.39 is 6.36 Å². The van der Waals surface area contributed by atoms with Crippen LogP contribution in [0.4, 0.5) is 13.2 Å². The van der Waals surface area contributed by atoms with E-state index in [-0.39, 0.29) is 16.6 Å². The number of benzene rings is 2. The number of rotatable bonds is 5. The second-order valence-corrected chi connectivity index (χ2v) is 8.40. The molecule has 0 amide bonds. The molecule has 0 aliphatic rings. The van der Waals surface area contributed by atoms with Gasteiger partial charge in [0.1, 0.15) is 5.75 Å². The van der Waals surface area contributed by atoms with Crippen LogP contribution in [0.1, 0.15) is 57.7 Å². The van der Waals surface area contributed by atoms with Crippen LogP contribution in [0.5, 0.6) is 5.75 Å². The van der Waals surface area contributed by atoms with Crippen LogP contribution in [0.15, 0.2) is 48.5 Å². The summed E-state index contributed by atoms with van der Waals surface area (Å²) in [6, 6.07) is 14.9. The second-order valence-electron chi connectivity index (χ2n) is 8.40. The van der Waals surface area contributed by atoms with Gasteiger partial charge in [0.05, 0.1) is 0 Å². The minimum atomic E-state index is -4.66. The molecule has 0 radical (unpaired) electrons. The fourth-order valence-corrected chi connectivity index (χ4v) is 2.88. The maximum atomic E-state index is 12.3. The molecule has 0 fully saturated rings. The first-order valence-corrected chi connectivity index (χ1v) is 8.83. The number of alkyl halides is 3. The molecule has 0 aliphatic carbocycles. The summed E-state index contributed by atoms with van der Waals surface area (Å²) in [4.78, 5) is 0. The van der Waals surface area contributed by atoms with Gasteiger partial charge in [-0.3, -0.25) is 0 Å². The van der Waals surface area contributed by atoms with Crippen molar-refractivity contribution in [3.05, 3.63) is 65.2 Å². The van der Waals surface area contributed by atoms with Crippen LogP contribution in [0, 0.1) is 0 Å². The van der Waals surface area contributed by atoms with E-state index >= 15 is 0 Å². The Kier molecular flexibility index (Phi) is 5.74. The molecule has 0 spiro atoms. The van der Waals surface area contributed by atoms with E-state index in [0.29, 0.717) is 0 Å². The van der Waals surface area contributed by atoms with E-state index in [9.17, 15) is 13.2 Å². The summed E-state index contributed by atoms with van der Waals surface area (Å²) in [7, 11) is 0. The van der Waals surface area contributed by atoms with Gasteiger partial charge in [-0.05, 0) is 52.5 Å². The minimum Gasteiger partial charge on any atom is -0.406 e. The maximum Gasteiger partial charge on any atom is 0.573 e. The van der Waals surface area contributed by atoms with Gasteiger partial charge in [-0.15, -0.1) is 13.2 Å². The van der Waals surface area contributed by atoms with Crippen molar-refractivity contribution < 1.29 is 17.9 Å². The Morgan fingerprint density at radius 2 is 1.23 bits per heavy atom. The van der Waals surface area contributed by atoms with Crippen molar-refractivity contribution in [1.29, 1.82) is 0 Å². The molecule has 2 rings (SSSR count). The van der Waals surface area contributed by atoms with Crippen LogP contribution in [0.25, 0.3) is 0 Å². The van der Waals surface area contributed by atoms with Crippen molar-refractivity contribution in [2.24, 2.45) is 0 Å². The molecule has 0 N–H and O–H groups in total. The number of aryl methyl sites for hydroxylation is 1. The predicted molar refractivity (Wildman–Crippen MR) is 99.6 cm³/mol. The van der Waals surface area contributed by atoms with Crippen LogP contribution < -0.4 is 4.74 Å². The molecule has 0 saturated carbocycles. The van der Waals surface area contributed by atoms with E-state index in [1.54, 1.807) is 12.1 Å². The molecule has 26 heavy (non-hydrogen) atoms. The lowest BCUT2D eigenvalue weighted by Crippen LogP contribution is -2.19. The van der Waals surface area contributed by atoms with Crippen molar-refractivity contribution in [2.75, 3.05) is 0 Å². The van der Waals surface area contributed by atoms with Crippen molar-refractivity contribution in [3.8, 4) is 5.75 Å². The molecule has 2 aromatic rings. The van der Waals surface area contributed by atoms with Gasteiger partial charge in [0, 0.05) is 0 Å². The zero-order valence-electron chi connectivity index (χ0n) is 16.1. The topological polar surface area (TPSA) is 9.23 Å². The zero-order valence-corrected chi connectivity index (χ0v) is 16.1. The molecular weight excluding hydrogens is 337 g/mol. The smallest absolute Gasteiger partial charge is 0.406 e. The highest BCUT2D eigenvalue weighted by molar-refractivity contribution is 5.32. The minimum absolute atomic E-state index is 0.137. The van der Waals surface area contributed by atoms with Crippen LogP contribution in [0.3, 0.4) is 0 Å². The Morgan fingerprint density at radius 1 is 0.731 bits per heavy atom. The van der Waals surface area contributed by atoms with Gasteiger partial charge in [0.2, 0.25) is 0 Å². The van der Waals surface area contributed by atoms with E-state index in [1.807, 2.05) is 0 Å². The van der Waals surface area contributed by atoms with Gasteiger partial charge in [-0.2, -0.15) is 0 Å². The van der Waals surface area contributed by atoms with Crippen LogP contribution >= 0.6 is 0 Å². The molecule has 1 nitrogen and oxygen atoms in total. The first kappa shape index (κ1) is 20.3. The number of hydrogen-bond donors (Lipinski definition) is 0. The lowest BCUT2D eigenvalue weighted by molar-refractivity contribution is -0.274. The summed E-state index contributed by atoms with van der Waals surface area (Å²) in [6.07, 6.45) is -2.84. The average molecular weight is 364 g/mol. The van der Waals surface area contributed by atoms with E-state index in [0.717, 1.165) is 18.4 Å². The van der Waals surface area contributed by atoms with Gasteiger partial charge in [-0.1, -0.05) is 71.0 Å². The first-order valence-electron chi connectivity index (χ1n) is 8.83. The van der Waals surface area contributed by atoms with E-state index in [2.05, 4.69) is 63.6 Å². The van der Waals surface area contributed by atoms with Crippen molar-refractivity contribution >= 4 is 0 Å². The van der Waals surface area contributed by atoms with Crippen molar-refractivity contribution in [2.45, 2.75) is 64.7 Å². The third-order valence-corrected chi connectivity index (χ3v) is 4.73. The fraction of sp³-hybridized carbons (Fsp3) is 0.455. The second kappa shape index (κ2) is 7.34. The monoisotopic (exact) mass is 364 g/mol. The molecule has 0 aliphatic heterocycles. The molecule has 4 heteroatoms. The molecule has 0 saturated heterocycles. The van der Waals surface area contributed by atoms with Gasteiger partial charge in [0.25, 0.3) is 0 Å². The number of halogens is 3. The summed E-state index contributed by atoms with van der Waals surface area (Å²) < 4.78 is 40.7. The highest BCUT2D eigenvalue weighted by Crippen LogP contribution is 2.31. The quantitative estimate of drug-likeness (QED) is 0.567.